The minimum Gasteiger partial charge on any atom is -0.384 e. The molecule has 0 amide bonds. The summed E-state index contributed by atoms with van der Waals surface area (Å²) in [4.78, 5) is 4.82. The zero-order valence-electron chi connectivity index (χ0n) is 10.4. The lowest BCUT2D eigenvalue weighted by Crippen LogP contribution is -2.23. The molecule has 5 nitrogen and oxygen atoms in total. The summed E-state index contributed by atoms with van der Waals surface area (Å²) in [6.45, 7) is -0.128. The van der Waals surface area contributed by atoms with Crippen molar-refractivity contribution in [3.05, 3.63) is 46.4 Å². The molecule has 0 radical (unpaired) electrons. The Morgan fingerprint density at radius 3 is 2.85 bits per heavy atom. The topological polar surface area (TPSA) is 79.3 Å². The third-order valence-corrected chi connectivity index (χ3v) is 4.64. The number of aliphatic hydroxyl groups is 1. The van der Waals surface area contributed by atoms with Crippen molar-refractivity contribution in [3.63, 3.8) is 0 Å². The largest absolute Gasteiger partial charge is 0.384 e. The fourth-order valence-corrected chi connectivity index (χ4v) is 3.31. The third kappa shape index (κ3) is 3.65. The SMILES string of the molecule is O=S(=O)(NCc1cncs1)c1ccccc1C#CCO. The maximum Gasteiger partial charge on any atom is 0.242 e. The molecule has 0 aliphatic heterocycles. The quantitative estimate of drug-likeness (QED) is 0.825. The van der Waals surface area contributed by atoms with Gasteiger partial charge in [0.15, 0.2) is 0 Å². The number of aliphatic hydroxyl groups excluding tert-OH is 1. The molecule has 1 heterocycles. The van der Waals surface area contributed by atoms with Crippen molar-refractivity contribution >= 4 is 21.4 Å². The van der Waals surface area contributed by atoms with Crippen LogP contribution in [0.1, 0.15) is 10.4 Å². The number of nitrogens with zero attached hydrogens (tertiary/aromatic N) is 1. The molecule has 0 saturated carbocycles. The first-order chi connectivity index (χ1) is 9.63. The maximum absolute atomic E-state index is 12.3. The number of hydrogen-bond acceptors (Lipinski definition) is 5. The fraction of sp³-hybridized carbons (Fsp3) is 0.154. The summed E-state index contributed by atoms with van der Waals surface area (Å²) < 4.78 is 27.0. The van der Waals surface area contributed by atoms with Crippen LogP contribution in [-0.2, 0) is 16.6 Å². The molecule has 0 fully saturated rings. The summed E-state index contributed by atoms with van der Waals surface area (Å²) in [5.74, 6) is 5.09. The minimum atomic E-state index is -3.65. The Balaban J connectivity index is 2.25. The molecule has 0 atom stereocenters. The van der Waals surface area contributed by atoms with Crippen LogP contribution in [0.15, 0.2) is 40.9 Å². The number of aromatic nitrogens is 1. The molecular weight excluding hydrogens is 296 g/mol. The Labute approximate surface area is 121 Å². The molecule has 1 aromatic heterocycles. The molecule has 0 bridgehead atoms. The van der Waals surface area contributed by atoms with Crippen molar-refractivity contribution in [2.75, 3.05) is 6.61 Å². The molecule has 7 heteroatoms. The molecule has 0 aliphatic carbocycles. The van der Waals surface area contributed by atoms with Gasteiger partial charge in [-0.15, -0.1) is 11.3 Å². The van der Waals surface area contributed by atoms with Crippen LogP contribution < -0.4 is 4.72 Å². The second-order valence-electron chi connectivity index (χ2n) is 3.75. The van der Waals surface area contributed by atoms with Gasteiger partial charge in [-0.2, -0.15) is 0 Å². The lowest BCUT2D eigenvalue weighted by Gasteiger charge is -2.07. The van der Waals surface area contributed by atoms with Crippen LogP contribution in [0.2, 0.25) is 0 Å². The summed E-state index contributed by atoms with van der Waals surface area (Å²) in [6.07, 6.45) is 1.62. The van der Waals surface area contributed by atoms with Gasteiger partial charge in [0.05, 0.1) is 10.4 Å². The van der Waals surface area contributed by atoms with E-state index in [2.05, 4.69) is 21.5 Å². The van der Waals surface area contributed by atoms with E-state index in [1.165, 1.54) is 17.4 Å². The number of benzene rings is 1. The summed E-state index contributed by atoms with van der Waals surface area (Å²) in [6, 6.07) is 6.41. The zero-order valence-corrected chi connectivity index (χ0v) is 12.0. The van der Waals surface area contributed by atoms with Crippen LogP contribution in [0.25, 0.3) is 0 Å². The van der Waals surface area contributed by atoms with Gasteiger partial charge in [-0.05, 0) is 12.1 Å². The average Bonchev–Trinajstić information content (AvgIpc) is 2.97. The van der Waals surface area contributed by atoms with E-state index in [0.717, 1.165) is 4.88 Å². The van der Waals surface area contributed by atoms with Gasteiger partial charge in [-0.1, -0.05) is 24.0 Å². The second-order valence-corrected chi connectivity index (χ2v) is 6.45. The van der Waals surface area contributed by atoms with Crippen LogP contribution >= 0.6 is 11.3 Å². The predicted octanol–water partition coefficient (Wildman–Crippen LogP) is 0.965. The average molecular weight is 308 g/mol. The van der Waals surface area contributed by atoms with Gasteiger partial charge >= 0.3 is 0 Å². The Morgan fingerprint density at radius 2 is 2.15 bits per heavy atom. The summed E-state index contributed by atoms with van der Waals surface area (Å²) >= 11 is 1.38. The van der Waals surface area contributed by atoms with E-state index in [9.17, 15) is 8.42 Å². The van der Waals surface area contributed by atoms with Crippen molar-refractivity contribution in [2.24, 2.45) is 0 Å². The summed E-state index contributed by atoms with van der Waals surface area (Å²) in [5, 5.41) is 8.71. The molecule has 0 aliphatic rings. The smallest absolute Gasteiger partial charge is 0.242 e. The van der Waals surface area contributed by atoms with E-state index < -0.39 is 10.0 Å². The van der Waals surface area contributed by atoms with Crippen molar-refractivity contribution in [1.82, 2.24) is 9.71 Å². The molecule has 0 saturated heterocycles. The Bertz CT molecular complexity index is 728. The van der Waals surface area contributed by atoms with Crippen LogP contribution in [0.5, 0.6) is 0 Å². The van der Waals surface area contributed by atoms with Gasteiger partial charge in [0, 0.05) is 23.2 Å². The Kier molecular flexibility index (Phi) is 4.87. The molecule has 2 rings (SSSR count). The van der Waals surface area contributed by atoms with E-state index in [1.54, 1.807) is 29.9 Å². The van der Waals surface area contributed by atoms with Gasteiger partial charge in [-0.25, -0.2) is 13.1 Å². The maximum atomic E-state index is 12.3. The van der Waals surface area contributed by atoms with Gasteiger partial charge < -0.3 is 5.11 Å². The van der Waals surface area contributed by atoms with Crippen molar-refractivity contribution in [1.29, 1.82) is 0 Å². The van der Waals surface area contributed by atoms with E-state index in [1.807, 2.05) is 0 Å². The highest BCUT2D eigenvalue weighted by Gasteiger charge is 2.17. The van der Waals surface area contributed by atoms with Gasteiger partial charge in [0.25, 0.3) is 0 Å². The number of nitrogens with one attached hydrogen (secondary N) is 1. The first kappa shape index (κ1) is 14.7. The molecule has 20 heavy (non-hydrogen) atoms. The molecule has 1 aromatic carbocycles. The normalized spacial score (nSPS) is 10.8. The van der Waals surface area contributed by atoms with Gasteiger partial charge in [0.2, 0.25) is 10.0 Å². The molecular formula is C13H12N2O3S2. The van der Waals surface area contributed by atoms with Crippen molar-refractivity contribution in [2.45, 2.75) is 11.4 Å². The minimum absolute atomic E-state index is 0.102. The second kappa shape index (κ2) is 6.63. The molecule has 2 N–H and O–H groups in total. The first-order valence-electron chi connectivity index (χ1n) is 5.69. The highest BCUT2D eigenvalue weighted by Crippen LogP contribution is 2.15. The van der Waals surface area contributed by atoms with E-state index in [4.69, 9.17) is 5.11 Å². The number of sulfonamides is 1. The monoisotopic (exact) mass is 308 g/mol. The van der Waals surface area contributed by atoms with Crippen LogP contribution in [0.3, 0.4) is 0 Å². The van der Waals surface area contributed by atoms with Crippen LogP contribution in [0, 0.1) is 11.8 Å². The molecule has 2 aromatic rings. The number of hydrogen-bond donors (Lipinski definition) is 2. The number of rotatable bonds is 4. The Hall–Kier alpha value is -1.72. The van der Waals surface area contributed by atoms with Crippen LogP contribution in [0.4, 0.5) is 0 Å². The lowest BCUT2D eigenvalue weighted by molar-refractivity contribution is 0.350. The van der Waals surface area contributed by atoms with E-state index in [0.29, 0.717) is 5.56 Å². The first-order valence-corrected chi connectivity index (χ1v) is 8.05. The molecule has 0 spiro atoms. The predicted molar refractivity (Wildman–Crippen MR) is 76.5 cm³/mol. The summed E-state index contributed by atoms with van der Waals surface area (Å²) in [7, 11) is -3.65. The highest BCUT2D eigenvalue weighted by molar-refractivity contribution is 7.89. The third-order valence-electron chi connectivity index (χ3n) is 2.40. The van der Waals surface area contributed by atoms with Crippen LogP contribution in [-0.4, -0.2) is 25.1 Å². The van der Waals surface area contributed by atoms with Gasteiger partial charge in [0.1, 0.15) is 6.61 Å². The van der Waals surface area contributed by atoms with E-state index in [-0.39, 0.29) is 18.0 Å². The fourth-order valence-electron chi connectivity index (χ4n) is 1.51. The van der Waals surface area contributed by atoms with Crippen molar-refractivity contribution < 1.29 is 13.5 Å². The Morgan fingerprint density at radius 1 is 1.35 bits per heavy atom. The van der Waals surface area contributed by atoms with Gasteiger partial charge in [-0.3, -0.25) is 4.98 Å². The summed E-state index contributed by atoms with van der Waals surface area (Å²) in [5.41, 5.74) is 2.00. The number of thiazole rings is 1. The highest BCUT2D eigenvalue weighted by atomic mass is 32.2. The molecule has 0 unspecified atom stereocenters. The standard InChI is InChI=1S/C13H12N2O3S2/c16-7-3-5-11-4-1-2-6-13(11)20(17,18)15-9-12-8-14-10-19-12/h1-2,4,6,8,10,15-16H,7,9H2. The molecule has 104 valence electrons. The zero-order chi connectivity index (χ0) is 14.4. The van der Waals surface area contributed by atoms with Crippen molar-refractivity contribution in [3.8, 4) is 11.8 Å². The van der Waals surface area contributed by atoms with E-state index >= 15 is 0 Å². The lowest BCUT2D eigenvalue weighted by atomic mass is 10.2.